The van der Waals surface area contributed by atoms with Gasteiger partial charge in [-0.1, -0.05) is 13.8 Å². The molecular weight excluding hydrogens is 244 g/mol. The van der Waals surface area contributed by atoms with Gasteiger partial charge in [0.05, 0.1) is 30.1 Å². The maximum absolute atomic E-state index is 9.47. The van der Waals surface area contributed by atoms with Gasteiger partial charge in [0.1, 0.15) is 0 Å². The van der Waals surface area contributed by atoms with Gasteiger partial charge in [0.25, 0.3) is 0 Å². The first-order chi connectivity index (χ1) is 9.23. The standard InChI is InChI=1S/C13H22N4O2/c1-4-11-12(5-2)15-16-13(14-11)17-7-10(19-3)6-9(17)8-18/h9-10,18H,4-8H2,1-3H3/t9-,10+/m0/s1. The van der Waals surface area contributed by atoms with Crippen molar-refractivity contribution in [2.75, 3.05) is 25.2 Å². The zero-order chi connectivity index (χ0) is 13.8. The third-order valence-electron chi connectivity index (χ3n) is 3.68. The minimum atomic E-state index is 0.0175. The van der Waals surface area contributed by atoms with E-state index in [-0.39, 0.29) is 18.8 Å². The second-order valence-corrected chi connectivity index (χ2v) is 4.79. The van der Waals surface area contributed by atoms with Gasteiger partial charge in [-0.15, -0.1) is 5.10 Å². The van der Waals surface area contributed by atoms with Crippen LogP contribution in [0.1, 0.15) is 31.7 Å². The first kappa shape index (κ1) is 14.1. The van der Waals surface area contributed by atoms with Crippen LogP contribution in [0.25, 0.3) is 0 Å². The first-order valence-corrected chi connectivity index (χ1v) is 6.86. The molecule has 1 aliphatic heterocycles. The Labute approximate surface area is 113 Å². The monoisotopic (exact) mass is 266 g/mol. The molecule has 0 spiro atoms. The zero-order valence-corrected chi connectivity index (χ0v) is 11.8. The second-order valence-electron chi connectivity index (χ2n) is 4.79. The van der Waals surface area contributed by atoms with E-state index in [0.29, 0.717) is 12.5 Å². The lowest BCUT2D eigenvalue weighted by Gasteiger charge is -2.22. The van der Waals surface area contributed by atoms with E-state index in [0.717, 1.165) is 30.7 Å². The summed E-state index contributed by atoms with van der Waals surface area (Å²) in [6.45, 7) is 4.91. The van der Waals surface area contributed by atoms with Gasteiger partial charge < -0.3 is 14.7 Å². The summed E-state index contributed by atoms with van der Waals surface area (Å²) < 4.78 is 5.37. The Morgan fingerprint density at radius 2 is 2.00 bits per heavy atom. The van der Waals surface area contributed by atoms with E-state index in [1.807, 2.05) is 4.90 Å². The highest BCUT2D eigenvalue weighted by Crippen LogP contribution is 2.24. The predicted octanol–water partition coefficient (Wildman–Crippen LogP) is 0.582. The Bertz CT molecular complexity index is 427. The van der Waals surface area contributed by atoms with Crippen molar-refractivity contribution in [3.05, 3.63) is 11.4 Å². The summed E-state index contributed by atoms with van der Waals surface area (Å²) in [5, 5.41) is 17.9. The van der Waals surface area contributed by atoms with Crippen molar-refractivity contribution >= 4 is 5.95 Å². The number of aliphatic hydroxyl groups is 1. The first-order valence-electron chi connectivity index (χ1n) is 6.86. The number of nitrogens with zero attached hydrogens (tertiary/aromatic N) is 4. The van der Waals surface area contributed by atoms with Crippen LogP contribution in [0.2, 0.25) is 0 Å². The van der Waals surface area contributed by atoms with Crippen molar-refractivity contribution in [1.29, 1.82) is 0 Å². The molecule has 106 valence electrons. The topological polar surface area (TPSA) is 71.4 Å². The van der Waals surface area contributed by atoms with Gasteiger partial charge in [-0.25, -0.2) is 4.98 Å². The molecule has 0 bridgehead atoms. The lowest BCUT2D eigenvalue weighted by atomic mass is 10.2. The third-order valence-corrected chi connectivity index (χ3v) is 3.68. The summed E-state index contributed by atoms with van der Waals surface area (Å²) in [7, 11) is 1.69. The van der Waals surface area contributed by atoms with Crippen LogP contribution in [0.15, 0.2) is 0 Å². The third kappa shape index (κ3) is 2.84. The molecule has 0 radical (unpaired) electrons. The zero-order valence-electron chi connectivity index (χ0n) is 11.8. The Morgan fingerprint density at radius 3 is 2.58 bits per heavy atom. The van der Waals surface area contributed by atoms with Gasteiger partial charge in [0.2, 0.25) is 5.95 Å². The fourth-order valence-electron chi connectivity index (χ4n) is 2.51. The SMILES string of the molecule is CCc1nnc(N2C[C@H](OC)C[C@H]2CO)nc1CC. The fourth-order valence-corrected chi connectivity index (χ4v) is 2.51. The van der Waals surface area contributed by atoms with E-state index < -0.39 is 0 Å². The smallest absolute Gasteiger partial charge is 0.246 e. The Balaban J connectivity index is 2.25. The highest BCUT2D eigenvalue weighted by atomic mass is 16.5. The van der Waals surface area contributed by atoms with Crippen molar-refractivity contribution in [3.8, 4) is 0 Å². The van der Waals surface area contributed by atoms with Gasteiger partial charge in [0, 0.05) is 13.7 Å². The van der Waals surface area contributed by atoms with E-state index in [1.54, 1.807) is 7.11 Å². The molecule has 6 nitrogen and oxygen atoms in total. The molecule has 0 amide bonds. The second kappa shape index (κ2) is 6.25. The minimum absolute atomic E-state index is 0.0175. The van der Waals surface area contributed by atoms with Gasteiger partial charge in [-0.2, -0.15) is 5.10 Å². The molecule has 1 aromatic rings. The molecule has 1 aliphatic rings. The van der Waals surface area contributed by atoms with Crippen molar-refractivity contribution < 1.29 is 9.84 Å². The fraction of sp³-hybridized carbons (Fsp3) is 0.769. The number of rotatable bonds is 5. The lowest BCUT2D eigenvalue weighted by molar-refractivity contribution is 0.115. The van der Waals surface area contributed by atoms with Gasteiger partial charge in [-0.3, -0.25) is 0 Å². The van der Waals surface area contributed by atoms with Gasteiger partial charge in [0.15, 0.2) is 0 Å². The van der Waals surface area contributed by atoms with E-state index in [9.17, 15) is 5.11 Å². The summed E-state index contributed by atoms with van der Waals surface area (Å²) in [5.74, 6) is 0.604. The number of anilines is 1. The van der Waals surface area contributed by atoms with Crippen LogP contribution >= 0.6 is 0 Å². The number of aryl methyl sites for hydroxylation is 2. The highest BCUT2D eigenvalue weighted by Gasteiger charge is 2.33. The maximum atomic E-state index is 9.47. The Kier molecular flexibility index (Phi) is 4.66. The highest BCUT2D eigenvalue weighted by molar-refractivity contribution is 5.35. The van der Waals surface area contributed by atoms with E-state index in [4.69, 9.17) is 4.74 Å². The molecule has 1 aromatic heterocycles. The molecule has 2 atom stereocenters. The Morgan fingerprint density at radius 1 is 1.26 bits per heavy atom. The van der Waals surface area contributed by atoms with Crippen molar-refractivity contribution in [2.45, 2.75) is 45.3 Å². The largest absolute Gasteiger partial charge is 0.394 e. The van der Waals surface area contributed by atoms with E-state index >= 15 is 0 Å². The van der Waals surface area contributed by atoms with Gasteiger partial charge >= 0.3 is 0 Å². The summed E-state index contributed by atoms with van der Waals surface area (Å²) >= 11 is 0. The quantitative estimate of drug-likeness (QED) is 0.840. The number of methoxy groups -OCH3 is 1. The Hall–Kier alpha value is -1.27. The molecule has 1 saturated heterocycles. The van der Waals surface area contributed by atoms with Crippen LogP contribution in [0.3, 0.4) is 0 Å². The predicted molar refractivity (Wildman–Crippen MR) is 72.2 cm³/mol. The minimum Gasteiger partial charge on any atom is -0.394 e. The summed E-state index contributed by atoms with van der Waals surface area (Å²) in [6.07, 6.45) is 2.61. The van der Waals surface area contributed by atoms with Crippen LogP contribution in [-0.4, -0.2) is 52.7 Å². The molecule has 0 saturated carbocycles. The number of hydrogen-bond acceptors (Lipinski definition) is 6. The number of ether oxygens (including phenoxy) is 1. The van der Waals surface area contributed by atoms with Crippen LogP contribution < -0.4 is 4.90 Å². The number of aliphatic hydroxyl groups excluding tert-OH is 1. The molecule has 0 aliphatic carbocycles. The normalized spacial score (nSPS) is 23.1. The van der Waals surface area contributed by atoms with Crippen LogP contribution in [0.5, 0.6) is 0 Å². The van der Waals surface area contributed by atoms with Crippen LogP contribution in [0, 0.1) is 0 Å². The average molecular weight is 266 g/mol. The van der Waals surface area contributed by atoms with Crippen LogP contribution in [-0.2, 0) is 17.6 Å². The molecule has 6 heteroatoms. The molecule has 1 N–H and O–H groups in total. The van der Waals surface area contributed by atoms with E-state index in [2.05, 4.69) is 29.0 Å². The van der Waals surface area contributed by atoms with E-state index in [1.165, 1.54) is 0 Å². The summed E-state index contributed by atoms with van der Waals surface area (Å²) in [6, 6.07) is 0.0175. The lowest BCUT2D eigenvalue weighted by Crippen LogP contribution is -2.34. The van der Waals surface area contributed by atoms with Crippen molar-refractivity contribution in [1.82, 2.24) is 15.2 Å². The van der Waals surface area contributed by atoms with Gasteiger partial charge in [-0.05, 0) is 19.3 Å². The molecule has 0 unspecified atom stereocenters. The van der Waals surface area contributed by atoms with Crippen molar-refractivity contribution in [2.24, 2.45) is 0 Å². The maximum Gasteiger partial charge on any atom is 0.246 e. The van der Waals surface area contributed by atoms with Crippen molar-refractivity contribution in [3.63, 3.8) is 0 Å². The molecular formula is C13H22N4O2. The average Bonchev–Trinajstić information content (AvgIpc) is 2.89. The molecule has 2 rings (SSSR count). The number of aromatic nitrogens is 3. The summed E-state index contributed by atoms with van der Waals surface area (Å²) in [5.41, 5.74) is 1.94. The molecule has 19 heavy (non-hydrogen) atoms. The van der Waals surface area contributed by atoms with Crippen LogP contribution in [0.4, 0.5) is 5.95 Å². The molecule has 1 fully saturated rings. The number of hydrogen-bond donors (Lipinski definition) is 1. The molecule has 0 aromatic carbocycles. The molecule has 2 heterocycles. The summed E-state index contributed by atoms with van der Waals surface area (Å²) in [4.78, 5) is 6.60.